The first kappa shape index (κ1) is 17.6. The molecule has 1 aliphatic heterocycles. The molecule has 0 saturated carbocycles. The molecular formula is C15H16ClF3N2O2. The molecule has 1 atom stereocenters. The molecule has 4 nitrogen and oxygen atoms in total. The minimum Gasteiger partial charge on any atom is -0.359 e. The van der Waals surface area contributed by atoms with Crippen LogP contribution in [-0.4, -0.2) is 27.9 Å². The molecule has 2 N–H and O–H groups in total. The van der Waals surface area contributed by atoms with Crippen molar-refractivity contribution in [2.75, 3.05) is 0 Å². The molecule has 8 heteroatoms. The van der Waals surface area contributed by atoms with E-state index >= 15 is 0 Å². The van der Waals surface area contributed by atoms with Crippen LogP contribution in [0.1, 0.15) is 36.5 Å². The van der Waals surface area contributed by atoms with Crippen molar-refractivity contribution in [1.82, 2.24) is 10.4 Å². The Balaban J connectivity index is 2.35. The molecule has 0 unspecified atom stereocenters. The van der Waals surface area contributed by atoms with Crippen molar-refractivity contribution in [2.24, 2.45) is 0 Å². The summed E-state index contributed by atoms with van der Waals surface area (Å²) in [6.07, 6.45) is -2.70. The molecule has 1 aliphatic rings. The molecular weight excluding hydrogens is 333 g/mol. The lowest BCUT2D eigenvalue weighted by molar-refractivity contribution is -0.283. The van der Waals surface area contributed by atoms with E-state index in [2.05, 4.69) is 5.43 Å². The molecule has 0 radical (unpaired) electrons. The van der Waals surface area contributed by atoms with Gasteiger partial charge in [0.1, 0.15) is 0 Å². The number of allylic oxidation sites excluding steroid dienone is 1. The van der Waals surface area contributed by atoms with Crippen LogP contribution < -0.4 is 5.43 Å². The van der Waals surface area contributed by atoms with Gasteiger partial charge in [-0.1, -0.05) is 31.0 Å². The summed E-state index contributed by atoms with van der Waals surface area (Å²) in [6, 6.07) is 5.52. The molecule has 0 saturated heterocycles. The normalized spacial score (nSPS) is 21.1. The lowest BCUT2D eigenvalue weighted by Gasteiger charge is -2.33. The van der Waals surface area contributed by atoms with Crippen LogP contribution in [0, 0.1) is 0 Å². The summed E-state index contributed by atoms with van der Waals surface area (Å²) in [5.41, 5.74) is -0.924. The SMILES string of the molecule is CCCCC1=C[C@](O)(C(F)(F)F)N(C(=O)c2cccc(Cl)c2)N1. The standard InChI is InChI=1S/C15H16ClF3N2O2/c1-2-3-7-12-9-14(23,15(17,18)19)21(20-12)13(22)10-5-4-6-11(16)8-10/h4-6,8-9,20,23H,2-3,7H2,1H3/t14-/m0/s1. The third-order valence-corrected chi connectivity index (χ3v) is 3.70. The Morgan fingerprint density at radius 3 is 2.70 bits per heavy atom. The quantitative estimate of drug-likeness (QED) is 0.873. The number of nitrogens with one attached hydrogen (secondary N) is 1. The summed E-state index contributed by atoms with van der Waals surface area (Å²) in [5.74, 6) is -1.02. The molecule has 1 aromatic carbocycles. The number of unbranched alkanes of at least 4 members (excludes halogenated alkanes) is 1. The van der Waals surface area contributed by atoms with Gasteiger partial charge in [0.2, 0.25) is 0 Å². The van der Waals surface area contributed by atoms with Gasteiger partial charge in [-0.2, -0.15) is 13.2 Å². The molecule has 0 aliphatic carbocycles. The summed E-state index contributed by atoms with van der Waals surface area (Å²) in [6.45, 7) is 1.89. The Kier molecular flexibility index (Phi) is 4.91. The topological polar surface area (TPSA) is 52.6 Å². The zero-order valence-corrected chi connectivity index (χ0v) is 13.1. The average molecular weight is 349 g/mol. The van der Waals surface area contributed by atoms with Crippen LogP contribution in [0.5, 0.6) is 0 Å². The van der Waals surface area contributed by atoms with Crippen LogP contribution in [0.15, 0.2) is 36.0 Å². The number of rotatable bonds is 4. The van der Waals surface area contributed by atoms with Gasteiger partial charge in [0, 0.05) is 16.3 Å². The fourth-order valence-electron chi connectivity index (χ4n) is 2.23. The molecule has 0 fully saturated rings. The highest BCUT2D eigenvalue weighted by Crippen LogP contribution is 2.39. The van der Waals surface area contributed by atoms with Crippen LogP contribution in [0.25, 0.3) is 0 Å². The minimum absolute atomic E-state index is 0.0576. The van der Waals surface area contributed by atoms with E-state index < -0.39 is 17.8 Å². The maximum Gasteiger partial charge on any atom is 0.442 e. The average Bonchev–Trinajstić information content (AvgIpc) is 2.82. The van der Waals surface area contributed by atoms with Crippen LogP contribution in [0.4, 0.5) is 13.2 Å². The van der Waals surface area contributed by atoms with Crippen molar-refractivity contribution in [3.63, 3.8) is 0 Å². The van der Waals surface area contributed by atoms with Gasteiger partial charge >= 0.3 is 6.18 Å². The van der Waals surface area contributed by atoms with Crippen molar-refractivity contribution in [1.29, 1.82) is 0 Å². The number of alkyl halides is 3. The number of amides is 1. The van der Waals surface area contributed by atoms with Crippen LogP contribution in [0.2, 0.25) is 5.02 Å². The predicted octanol–water partition coefficient (Wildman–Crippen LogP) is 3.63. The van der Waals surface area contributed by atoms with Gasteiger partial charge in [0.15, 0.2) is 0 Å². The lowest BCUT2D eigenvalue weighted by Crippen LogP contribution is -2.60. The van der Waals surface area contributed by atoms with Crippen molar-refractivity contribution < 1.29 is 23.1 Å². The number of aliphatic hydroxyl groups is 1. The van der Waals surface area contributed by atoms with Crippen molar-refractivity contribution in [3.05, 3.63) is 46.6 Å². The number of nitrogens with zero attached hydrogens (tertiary/aromatic N) is 1. The second-order valence-corrected chi connectivity index (χ2v) is 5.70. The number of hydrogen-bond acceptors (Lipinski definition) is 3. The zero-order valence-electron chi connectivity index (χ0n) is 12.3. The van der Waals surface area contributed by atoms with Gasteiger partial charge in [-0.3, -0.25) is 10.2 Å². The Morgan fingerprint density at radius 2 is 2.13 bits per heavy atom. The van der Waals surface area contributed by atoms with E-state index in [4.69, 9.17) is 11.6 Å². The van der Waals surface area contributed by atoms with E-state index in [1.165, 1.54) is 24.3 Å². The summed E-state index contributed by atoms with van der Waals surface area (Å²) >= 11 is 5.76. The van der Waals surface area contributed by atoms with E-state index in [0.717, 1.165) is 6.42 Å². The third-order valence-electron chi connectivity index (χ3n) is 3.46. The number of carbonyl (C=O) groups is 1. The zero-order chi connectivity index (χ0) is 17.3. The van der Waals surface area contributed by atoms with Gasteiger partial charge in [-0.25, -0.2) is 5.01 Å². The van der Waals surface area contributed by atoms with Gasteiger partial charge in [0.25, 0.3) is 11.6 Å². The first-order valence-electron chi connectivity index (χ1n) is 7.06. The summed E-state index contributed by atoms with van der Waals surface area (Å²) < 4.78 is 39.9. The number of hydrogen-bond donors (Lipinski definition) is 2. The Morgan fingerprint density at radius 1 is 1.43 bits per heavy atom. The van der Waals surface area contributed by atoms with Crippen LogP contribution in [-0.2, 0) is 0 Å². The van der Waals surface area contributed by atoms with Crippen molar-refractivity contribution >= 4 is 17.5 Å². The molecule has 0 spiro atoms. The van der Waals surface area contributed by atoms with Gasteiger partial charge in [-0.05, 0) is 37.1 Å². The highest BCUT2D eigenvalue weighted by molar-refractivity contribution is 6.30. The predicted molar refractivity (Wildman–Crippen MR) is 79.4 cm³/mol. The molecule has 1 amide bonds. The Bertz CT molecular complexity index is 633. The number of carbonyl (C=O) groups excluding carboxylic acids is 1. The van der Waals surface area contributed by atoms with Crippen molar-refractivity contribution in [2.45, 2.75) is 38.1 Å². The Labute approximate surface area is 136 Å². The highest BCUT2D eigenvalue weighted by Gasteiger charge is 2.61. The number of benzene rings is 1. The summed E-state index contributed by atoms with van der Waals surface area (Å²) in [7, 11) is 0. The molecule has 0 aromatic heterocycles. The number of hydrazine groups is 1. The van der Waals surface area contributed by atoms with E-state index in [1.807, 2.05) is 6.92 Å². The van der Waals surface area contributed by atoms with E-state index in [1.54, 1.807) is 0 Å². The monoisotopic (exact) mass is 348 g/mol. The Hall–Kier alpha value is -1.73. The fourth-order valence-corrected chi connectivity index (χ4v) is 2.42. The number of halogens is 4. The van der Waals surface area contributed by atoms with Gasteiger partial charge in [-0.15, -0.1) is 0 Å². The molecule has 126 valence electrons. The molecule has 23 heavy (non-hydrogen) atoms. The summed E-state index contributed by atoms with van der Waals surface area (Å²) in [5, 5.41) is 10.5. The second kappa shape index (κ2) is 6.41. The van der Waals surface area contributed by atoms with E-state index in [0.29, 0.717) is 18.9 Å². The van der Waals surface area contributed by atoms with Gasteiger partial charge in [0.05, 0.1) is 0 Å². The maximum atomic E-state index is 13.3. The largest absolute Gasteiger partial charge is 0.442 e. The van der Waals surface area contributed by atoms with E-state index in [9.17, 15) is 23.1 Å². The first-order chi connectivity index (χ1) is 10.7. The second-order valence-electron chi connectivity index (χ2n) is 5.26. The fraction of sp³-hybridized carbons (Fsp3) is 0.400. The van der Waals surface area contributed by atoms with Crippen LogP contribution in [0.3, 0.4) is 0 Å². The highest BCUT2D eigenvalue weighted by atomic mass is 35.5. The maximum absolute atomic E-state index is 13.3. The van der Waals surface area contributed by atoms with Crippen LogP contribution >= 0.6 is 11.6 Å². The lowest BCUT2D eigenvalue weighted by atomic mass is 10.1. The smallest absolute Gasteiger partial charge is 0.359 e. The molecule has 2 rings (SSSR count). The van der Waals surface area contributed by atoms with Gasteiger partial charge < -0.3 is 5.11 Å². The molecule has 1 heterocycles. The molecule has 0 bridgehead atoms. The van der Waals surface area contributed by atoms with E-state index in [-0.39, 0.29) is 21.3 Å². The molecule has 1 aromatic rings. The third kappa shape index (κ3) is 3.45. The minimum atomic E-state index is -5.04. The van der Waals surface area contributed by atoms with Crippen molar-refractivity contribution in [3.8, 4) is 0 Å². The summed E-state index contributed by atoms with van der Waals surface area (Å²) in [4.78, 5) is 12.4. The first-order valence-corrected chi connectivity index (χ1v) is 7.44.